The van der Waals surface area contributed by atoms with E-state index in [2.05, 4.69) is 10.0 Å². The van der Waals surface area contributed by atoms with Gasteiger partial charge in [-0.25, -0.2) is 0 Å². The van der Waals surface area contributed by atoms with E-state index in [-0.39, 0.29) is 6.61 Å². The second-order valence-corrected chi connectivity index (χ2v) is 3.39. The third-order valence-corrected chi connectivity index (χ3v) is 2.44. The second kappa shape index (κ2) is 4.11. The number of benzene rings is 1. The lowest BCUT2D eigenvalue weighted by molar-refractivity contribution is 0.0917. The van der Waals surface area contributed by atoms with Crippen LogP contribution in [0.2, 0.25) is 0 Å². The van der Waals surface area contributed by atoms with Crippen molar-refractivity contribution in [3.8, 4) is 11.8 Å². The highest BCUT2D eigenvalue weighted by atomic mass is 16.5. The van der Waals surface area contributed by atoms with Gasteiger partial charge in [-0.3, -0.25) is 0 Å². The molecule has 0 fully saturated rings. The molecule has 0 radical (unpaired) electrons. The smallest absolute Gasteiger partial charge is 0.126 e. The van der Waals surface area contributed by atoms with Gasteiger partial charge in [0.15, 0.2) is 0 Å². The van der Waals surface area contributed by atoms with Gasteiger partial charge in [0.2, 0.25) is 0 Å². The first-order valence-corrected chi connectivity index (χ1v) is 4.65. The maximum Gasteiger partial charge on any atom is 0.126 e. The molecule has 0 saturated carbocycles. The van der Waals surface area contributed by atoms with Crippen LogP contribution >= 0.6 is 0 Å². The summed E-state index contributed by atoms with van der Waals surface area (Å²) in [5.41, 5.74) is 9.33. The third-order valence-electron chi connectivity index (χ3n) is 2.44. The van der Waals surface area contributed by atoms with E-state index < -0.39 is 12.1 Å². The Balaban J connectivity index is 2.39. The average molecular weight is 216 g/mol. The Morgan fingerprint density at radius 2 is 2.44 bits per heavy atom. The summed E-state index contributed by atoms with van der Waals surface area (Å²) < 4.78 is 5.33. The van der Waals surface area contributed by atoms with Crippen molar-refractivity contribution in [3.05, 3.63) is 39.8 Å². The summed E-state index contributed by atoms with van der Waals surface area (Å²) >= 11 is 0. The van der Waals surface area contributed by atoms with E-state index in [4.69, 9.17) is 15.5 Å². The number of fused-ring (bicyclic) bond motifs is 1. The Kier molecular flexibility index (Phi) is 2.64. The lowest BCUT2D eigenvalue weighted by Crippen LogP contribution is -2.28. The molecule has 0 spiro atoms. The number of hydrogen-bond acceptors (Lipinski definition) is 4. The summed E-state index contributed by atoms with van der Waals surface area (Å²) in [6.45, 7) is 0.118. The average Bonchev–Trinajstić information content (AvgIpc) is 2.32. The van der Waals surface area contributed by atoms with Crippen LogP contribution in [0.4, 0.5) is 0 Å². The van der Waals surface area contributed by atoms with Crippen LogP contribution in [0.25, 0.3) is 10.4 Å². The zero-order valence-electron chi connectivity index (χ0n) is 8.24. The first-order chi connectivity index (χ1) is 7.76. The van der Waals surface area contributed by atoms with Gasteiger partial charge >= 0.3 is 0 Å². The van der Waals surface area contributed by atoms with Crippen molar-refractivity contribution < 1.29 is 9.84 Å². The molecule has 1 aromatic carbocycles. The minimum absolute atomic E-state index is 0.118. The Hall–Kier alpha value is -2.22. The minimum atomic E-state index is -0.882. The van der Waals surface area contributed by atoms with Crippen molar-refractivity contribution in [2.75, 3.05) is 6.61 Å². The first-order valence-electron chi connectivity index (χ1n) is 4.65. The molecule has 2 atom stereocenters. The summed E-state index contributed by atoms with van der Waals surface area (Å²) in [6, 6.07) is 6.12. The zero-order chi connectivity index (χ0) is 11.5. The highest BCUT2D eigenvalue weighted by molar-refractivity contribution is 5.45. The number of ether oxygens (including phenoxy) is 1. The molecule has 0 aromatic heterocycles. The zero-order valence-corrected chi connectivity index (χ0v) is 8.24. The van der Waals surface area contributed by atoms with Gasteiger partial charge in [0.25, 0.3) is 0 Å². The highest BCUT2D eigenvalue weighted by Gasteiger charge is 2.28. The molecule has 1 heterocycles. The SMILES string of the molecule is N#Cc1ccc2c(c1)OC[C@@H](N=[N+]=[N-])[C@H]2O. The van der Waals surface area contributed by atoms with Gasteiger partial charge < -0.3 is 9.84 Å². The quantitative estimate of drug-likeness (QED) is 0.438. The van der Waals surface area contributed by atoms with Gasteiger partial charge in [-0.1, -0.05) is 11.2 Å². The summed E-state index contributed by atoms with van der Waals surface area (Å²) in [5.74, 6) is 0.468. The number of azide groups is 1. The molecule has 1 aliphatic rings. The van der Waals surface area contributed by atoms with Crippen LogP contribution in [0.15, 0.2) is 23.3 Å². The molecule has 0 bridgehead atoms. The van der Waals surface area contributed by atoms with Gasteiger partial charge in [-0.05, 0) is 17.7 Å². The lowest BCUT2D eigenvalue weighted by Gasteiger charge is -2.27. The van der Waals surface area contributed by atoms with Crippen LogP contribution in [-0.2, 0) is 0 Å². The number of nitrogens with zero attached hydrogens (tertiary/aromatic N) is 4. The van der Waals surface area contributed by atoms with Crippen LogP contribution in [0, 0.1) is 11.3 Å². The molecule has 0 amide bonds. The fourth-order valence-corrected chi connectivity index (χ4v) is 1.61. The Labute approximate surface area is 91.3 Å². The summed E-state index contributed by atoms with van der Waals surface area (Å²) in [4.78, 5) is 2.65. The molecular formula is C10H8N4O2. The van der Waals surface area contributed by atoms with Gasteiger partial charge in [-0.15, -0.1) is 0 Å². The van der Waals surface area contributed by atoms with Crippen molar-refractivity contribution in [1.82, 2.24) is 0 Å². The molecule has 1 aromatic rings. The minimum Gasteiger partial charge on any atom is -0.493 e. The Bertz CT molecular complexity index is 502. The predicted molar refractivity (Wildman–Crippen MR) is 54.5 cm³/mol. The molecule has 1 aliphatic heterocycles. The van der Waals surface area contributed by atoms with E-state index in [1.54, 1.807) is 18.2 Å². The van der Waals surface area contributed by atoms with Crippen LogP contribution in [0.5, 0.6) is 5.75 Å². The Morgan fingerprint density at radius 3 is 3.12 bits per heavy atom. The number of nitriles is 1. The summed E-state index contributed by atoms with van der Waals surface area (Å²) in [7, 11) is 0. The van der Waals surface area contributed by atoms with Gasteiger partial charge in [0.1, 0.15) is 11.8 Å². The molecular weight excluding hydrogens is 208 g/mol. The topological polar surface area (TPSA) is 102 Å². The monoisotopic (exact) mass is 216 g/mol. The molecule has 0 unspecified atom stereocenters. The van der Waals surface area contributed by atoms with Gasteiger partial charge in [-0.2, -0.15) is 5.26 Å². The fraction of sp³-hybridized carbons (Fsp3) is 0.300. The van der Waals surface area contributed by atoms with E-state index >= 15 is 0 Å². The van der Waals surface area contributed by atoms with Gasteiger partial charge in [0.05, 0.1) is 24.3 Å². The highest BCUT2D eigenvalue weighted by Crippen LogP contribution is 2.34. The number of rotatable bonds is 1. The molecule has 6 heteroatoms. The van der Waals surface area contributed by atoms with Gasteiger partial charge in [0, 0.05) is 10.5 Å². The van der Waals surface area contributed by atoms with Crippen LogP contribution in [0.3, 0.4) is 0 Å². The molecule has 1 N–H and O–H groups in total. The lowest BCUT2D eigenvalue weighted by atomic mass is 9.98. The summed E-state index contributed by atoms with van der Waals surface area (Å²) in [5, 5.41) is 22.0. The molecule has 6 nitrogen and oxygen atoms in total. The second-order valence-electron chi connectivity index (χ2n) is 3.39. The Morgan fingerprint density at radius 1 is 1.62 bits per heavy atom. The maximum atomic E-state index is 9.89. The van der Waals surface area contributed by atoms with Crippen molar-refractivity contribution in [1.29, 1.82) is 5.26 Å². The van der Waals surface area contributed by atoms with Crippen molar-refractivity contribution in [3.63, 3.8) is 0 Å². The van der Waals surface area contributed by atoms with E-state index in [9.17, 15) is 5.11 Å². The largest absolute Gasteiger partial charge is 0.493 e. The van der Waals surface area contributed by atoms with Crippen LogP contribution < -0.4 is 4.74 Å². The molecule has 0 saturated heterocycles. The third kappa shape index (κ3) is 1.65. The van der Waals surface area contributed by atoms with E-state index in [0.29, 0.717) is 16.9 Å². The van der Waals surface area contributed by atoms with Crippen molar-refractivity contribution in [2.45, 2.75) is 12.1 Å². The van der Waals surface area contributed by atoms with Crippen molar-refractivity contribution >= 4 is 0 Å². The first kappa shape index (κ1) is 10.3. The molecule has 16 heavy (non-hydrogen) atoms. The number of aliphatic hydroxyl groups excluding tert-OH is 1. The van der Waals surface area contributed by atoms with Crippen LogP contribution in [0.1, 0.15) is 17.2 Å². The number of aliphatic hydroxyl groups is 1. The summed E-state index contributed by atoms with van der Waals surface area (Å²) in [6.07, 6.45) is -0.882. The van der Waals surface area contributed by atoms with Crippen LogP contribution in [-0.4, -0.2) is 17.8 Å². The standard InChI is InChI=1S/C10H8N4O2/c11-4-6-1-2-7-9(3-6)16-5-8(10(7)15)13-14-12/h1-3,8,10,15H,5H2/t8-,10+/m1/s1. The molecule has 2 rings (SSSR count). The predicted octanol–water partition coefficient (Wildman–Crippen LogP) is 1.66. The molecule has 0 aliphatic carbocycles. The number of hydrogen-bond donors (Lipinski definition) is 1. The van der Waals surface area contributed by atoms with E-state index in [0.717, 1.165) is 0 Å². The maximum absolute atomic E-state index is 9.89. The normalized spacial score (nSPS) is 22.2. The van der Waals surface area contributed by atoms with Crippen molar-refractivity contribution in [2.24, 2.45) is 5.11 Å². The fourth-order valence-electron chi connectivity index (χ4n) is 1.61. The van der Waals surface area contributed by atoms with E-state index in [1.165, 1.54) is 0 Å². The van der Waals surface area contributed by atoms with E-state index in [1.807, 2.05) is 6.07 Å². The molecule has 80 valence electrons.